The van der Waals surface area contributed by atoms with E-state index in [0.717, 1.165) is 22.5 Å². The van der Waals surface area contributed by atoms with E-state index in [1.807, 2.05) is 60.8 Å². The molecular formula is C19H19N3O2S. The SMILES string of the molecule is Cc1ccccc1NC(=O)C(C)Oc1ccccc1-c1csc(N)n1. The minimum Gasteiger partial charge on any atom is -0.480 e. The van der Waals surface area contributed by atoms with E-state index in [-0.39, 0.29) is 5.91 Å². The Morgan fingerprint density at radius 2 is 1.92 bits per heavy atom. The predicted molar refractivity (Wildman–Crippen MR) is 102 cm³/mol. The Kier molecular flexibility index (Phi) is 5.00. The third-order valence-electron chi connectivity index (χ3n) is 3.76. The van der Waals surface area contributed by atoms with Crippen LogP contribution < -0.4 is 15.8 Å². The highest BCUT2D eigenvalue weighted by Gasteiger charge is 2.18. The molecule has 3 N–H and O–H groups in total. The molecule has 0 radical (unpaired) electrons. The van der Waals surface area contributed by atoms with Gasteiger partial charge in [0.15, 0.2) is 11.2 Å². The predicted octanol–water partition coefficient (Wildman–Crippen LogP) is 4.11. The Labute approximate surface area is 150 Å². The van der Waals surface area contributed by atoms with Gasteiger partial charge in [-0.25, -0.2) is 4.98 Å². The number of amides is 1. The van der Waals surface area contributed by atoms with E-state index in [0.29, 0.717) is 10.9 Å². The van der Waals surface area contributed by atoms with Crippen LogP contribution in [-0.2, 0) is 4.79 Å². The van der Waals surface area contributed by atoms with E-state index >= 15 is 0 Å². The van der Waals surface area contributed by atoms with Gasteiger partial charge in [-0.3, -0.25) is 4.79 Å². The number of rotatable bonds is 5. The molecule has 0 spiro atoms. The number of anilines is 2. The first-order chi connectivity index (χ1) is 12.0. The van der Waals surface area contributed by atoms with Crippen molar-refractivity contribution in [2.24, 2.45) is 0 Å². The number of ether oxygens (including phenoxy) is 1. The van der Waals surface area contributed by atoms with Gasteiger partial charge in [0.1, 0.15) is 5.75 Å². The summed E-state index contributed by atoms with van der Waals surface area (Å²) in [5.41, 5.74) is 9.05. The van der Waals surface area contributed by atoms with Crippen molar-refractivity contribution in [1.82, 2.24) is 4.98 Å². The first-order valence-electron chi connectivity index (χ1n) is 7.88. The number of benzene rings is 2. The molecule has 6 heteroatoms. The van der Waals surface area contributed by atoms with Crippen LogP contribution in [0.15, 0.2) is 53.9 Å². The largest absolute Gasteiger partial charge is 0.480 e. The quantitative estimate of drug-likeness (QED) is 0.724. The number of hydrogen-bond donors (Lipinski definition) is 2. The molecule has 0 aliphatic rings. The highest BCUT2D eigenvalue weighted by Crippen LogP contribution is 2.32. The van der Waals surface area contributed by atoms with Gasteiger partial charge in [-0.2, -0.15) is 0 Å². The molecule has 0 aliphatic carbocycles. The highest BCUT2D eigenvalue weighted by atomic mass is 32.1. The van der Waals surface area contributed by atoms with Gasteiger partial charge >= 0.3 is 0 Å². The Morgan fingerprint density at radius 3 is 2.64 bits per heavy atom. The van der Waals surface area contributed by atoms with E-state index in [1.54, 1.807) is 6.92 Å². The van der Waals surface area contributed by atoms with Crippen LogP contribution in [0.3, 0.4) is 0 Å². The Balaban J connectivity index is 1.76. The van der Waals surface area contributed by atoms with Gasteiger partial charge in [-0.15, -0.1) is 11.3 Å². The van der Waals surface area contributed by atoms with Crippen molar-refractivity contribution in [3.63, 3.8) is 0 Å². The Hall–Kier alpha value is -2.86. The number of nitrogens with two attached hydrogens (primary N) is 1. The summed E-state index contributed by atoms with van der Waals surface area (Å²) >= 11 is 1.37. The molecule has 1 aromatic heterocycles. The standard InChI is InChI=1S/C19H19N3O2S/c1-12-7-3-5-9-15(12)21-18(23)13(2)24-17-10-6-4-8-14(17)16-11-25-19(20)22-16/h3-11,13H,1-2H3,(H2,20,22)(H,21,23). The van der Waals surface area contributed by atoms with Crippen LogP contribution in [0.1, 0.15) is 12.5 Å². The van der Waals surface area contributed by atoms with Crippen molar-refractivity contribution >= 4 is 28.1 Å². The van der Waals surface area contributed by atoms with Crippen LogP contribution in [0.2, 0.25) is 0 Å². The fraction of sp³-hybridized carbons (Fsp3) is 0.158. The first-order valence-corrected chi connectivity index (χ1v) is 8.76. The summed E-state index contributed by atoms with van der Waals surface area (Å²) in [5, 5.41) is 5.26. The summed E-state index contributed by atoms with van der Waals surface area (Å²) in [5.74, 6) is 0.391. The maximum absolute atomic E-state index is 12.5. The highest BCUT2D eigenvalue weighted by molar-refractivity contribution is 7.13. The lowest BCUT2D eigenvalue weighted by atomic mass is 10.1. The fourth-order valence-corrected chi connectivity index (χ4v) is 2.95. The van der Waals surface area contributed by atoms with E-state index in [2.05, 4.69) is 10.3 Å². The maximum Gasteiger partial charge on any atom is 0.265 e. The minimum absolute atomic E-state index is 0.207. The molecule has 0 saturated carbocycles. The van der Waals surface area contributed by atoms with Crippen molar-refractivity contribution in [3.05, 3.63) is 59.5 Å². The van der Waals surface area contributed by atoms with Crippen molar-refractivity contribution in [1.29, 1.82) is 0 Å². The number of nitrogens with zero attached hydrogens (tertiary/aromatic N) is 1. The third kappa shape index (κ3) is 3.97. The fourth-order valence-electron chi connectivity index (χ4n) is 2.38. The topological polar surface area (TPSA) is 77.2 Å². The molecule has 0 aliphatic heterocycles. The zero-order valence-corrected chi connectivity index (χ0v) is 14.8. The first kappa shape index (κ1) is 17.0. The average Bonchev–Trinajstić information content (AvgIpc) is 3.03. The summed E-state index contributed by atoms with van der Waals surface area (Å²) < 4.78 is 5.89. The van der Waals surface area contributed by atoms with Crippen molar-refractivity contribution in [3.8, 4) is 17.0 Å². The lowest BCUT2D eigenvalue weighted by molar-refractivity contribution is -0.122. The van der Waals surface area contributed by atoms with Gasteiger partial charge in [0, 0.05) is 16.6 Å². The van der Waals surface area contributed by atoms with Crippen molar-refractivity contribution in [2.75, 3.05) is 11.1 Å². The number of carbonyl (C=O) groups excluding carboxylic acids is 1. The van der Waals surface area contributed by atoms with Gasteiger partial charge in [-0.05, 0) is 37.6 Å². The van der Waals surface area contributed by atoms with Gasteiger partial charge in [0.05, 0.1) is 5.69 Å². The normalized spacial score (nSPS) is 11.8. The number of para-hydroxylation sites is 2. The van der Waals surface area contributed by atoms with Gasteiger partial charge < -0.3 is 15.8 Å². The zero-order valence-electron chi connectivity index (χ0n) is 14.0. The van der Waals surface area contributed by atoms with Gasteiger partial charge in [0.2, 0.25) is 0 Å². The molecule has 1 atom stereocenters. The number of thiazole rings is 1. The third-order valence-corrected chi connectivity index (χ3v) is 4.43. The molecule has 5 nitrogen and oxygen atoms in total. The van der Waals surface area contributed by atoms with E-state index in [9.17, 15) is 4.79 Å². The van der Waals surface area contributed by atoms with E-state index in [4.69, 9.17) is 10.5 Å². The molecule has 3 rings (SSSR count). The van der Waals surface area contributed by atoms with Crippen molar-refractivity contribution < 1.29 is 9.53 Å². The summed E-state index contributed by atoms with van der Waals surface area (Å²) in [6.45, 7) is 3.67. The molecule has 0 fully saturated rings. The second kappa shape index (κ2) is 7.36. The van der Waals surface area contributed by atoms with Gasteiger partial charge in [-0.1, -0.05) is 30.3 Å². The minimum atomic E-state index is -0.656. The van der Waals surface area contributed by atoms with Crippen LogP contribution in [0.25, 0.3) is 11.3 Å². The van der Waals surface area contributed by atoms with E-state index in [1.165, 1.54) is 11.3 Å². The maximum atomic E-state index is 12.5. The molecule has 1 heterocycles. The van der Waals surface area contributed by atoms with Crippen LogP contribution in [0.4, 0.5) is 10.8 Å². The van der Waals surface area contributed by atoms with Crippen LogP contribution in [-0.4, -0.2) is 17.0 Å². The van der Waals surface area contributed by atoms with Crippen LogP contribution in [0.5, 0.6) is 5.75 Å². The van der Waals surface area contributed by atoms with Crippen LogP contribution in [0, 0.1) is 6.92 Å². The summed E-state index contributed by atoms with van der Waals surface area (Å²) in [6, 6.07) is 15.1. The lowest BCUT2D eigenvalue weighted by Crippen LogP contribution is -2.30. The summed E-state index contributed by atoms with van der Waals surface area (Å²) in [4.78, 5) is 16.7. The summed E-state index contributed by atoms with van der Waals surface area (Å²) in [7, 11) is 0. The van der Waals surface area contributed by atoms with Crippen LogP contribution >= 0.6 is 11.3 Å². The molecule has 25 heavy (non-hydrogen) atoms. The molecule has 3 aromatic rings. The number of aryl methyl sites for hydroxylation is 1. The molecule has 0 saturated heterocycles. The number of hydrogen-bond acceptors (Lipinski definition) is 5. The molecule has 2 aromatic carbocycles. The summed E-state index contributed by atoms with van der Waals surface area (Å²) in [6.07, 6.45) is -0.656. The average molecular weight is 353 g/mol. The number of nitrogens with one attached hydrogen (secondary N) is 1. The molecular weight excluding hydrogens is 334 g/mol. The van der Waals surface area contributed by atoms with E-state index < -0.39 is 6.10 Å². The Morgan fingerprint density at radius 1 is 1.20 bits per heavy atom. The smallest absolute Gasteiger partial charge is 0.265 e. The zero-order chi connectivity index (χ0) is 17.8. The monoisotopic (exact) mass is 353 g/mol. The number of carbonyl (C=O) groups is 1. The lowest BCUT2D eigenvalue weighted by Gasteiger charge is -2.17. The number of nitrogen functional groups attached to an aromatic ring is 1. The second-order valence-corrected chi connectivity index (χ2v) is 6.52. The van der Waals surface area contributed by atoms with Gasteiger partial charge in [0.25, 0.3) is 5.91 Å². The molecule has 128 valence electrons. The molecule has 0 bridgehead atoms. The molecule has 1 unspecified atom stereocenters. The molecule has 1 amide bonds. The van der Waals surface area contributed by atoms with Crippen molar-refractivity contribution in [2.45, 2.75) is 20.0 Å². The second-order valence-electron chi connectivity index (χ2n) is 5.63. The Bertz CT molecular complexity index is 892. The number of aromatic nitrogens is 1.